The number of hydrogen-bond acceptors (Lipinski definition) is 2. The molecular weight excluding hydrogens is 276 g/mol. The second-order valence-corrected chi connectivity index (χ2v) is 5.52. The summed E-state index contributed by atoms with van der Waals surface area (Å²) in [4.78, 5) is 28.7. The molecule has 118 valence electrons. The van der Waals surface area contributed by atoms with Crippen LogP contribution in [0.4, 0.5) is 5.69 Å². The zero-order valence-electron chi connectivity index (χ0n) is 13.6. The molecule has 2 rings (SSSR count). The second-order valence-electron chi connectivity index (χ2n) is 5.52. The summed E-state index contributed by atoms with van der Waals surface area (Å²) in [5, 5.41) is 0. The Morgan fingerprint density at radius 2 is 2.00 bits per heavy atom. The highest BCUT2D eigenvalue weighted by Crippen LogP contribution is 2.25. The quantitative estimate of drug-likeness (QED) is 0.784. The van der Waals surface area contributed by atoms with Gasteiger partial charge < -0.3 is 9.80 Å². The number of likely N-dealkylation sites (N-methyl/N-ethyl adjacent to an activating group) is 1. The molecule has 1 heterocycles. The molecule has 0 bridgehead atoms. The number of para-hydroxylation sites is 1. The third-order valence-electron chi connectivity index (χ3n) is 4.07. The monoisotopic (exact) mass is 300 g/mol. The summed E-state index contributed by atoms with van der Waals surface area (Å²) in [5.41, 5.74) is 1.62. The highest BCUT2D eigenvalue weighted by Gasteiger charge is 2.38. The van der Waals surface area contributed by atoms with E-state index >= 15 is 0 Å². The van der Waals surface area contributed by atoms with E-state index in [1.54, 1.807) is 9.80 Å². The molecule has 2 amide bonds. The second kappa shape index (κ2) is 7.25. The van der Waals surface area contributed by atoms with Gasteiger partial charge in [-0.05, 0) is 38.8 Å². The molecule has 1 saturated heterocycles. The first-order valence-electron chi connectivity index (χ1n) is 7.94. The summed E-state index contributed by atoms with van der Waals surface area (Å²) in [5.74, 6) is -0.0108. The van der Waals surface area contributed by atoms with Gasteiger partial charge in [0.15, 0.2) is 0 Å². The van der Waals surface area contributed by atoms with Gasteiger partial charge >= 0.3 is 0 Å². The molecule has 0 radical (unpaired) electrons. The van der Waals surface area contributed by atoms with Crippen molar-refractivity contribution in [2.75, 3.05) is 18.0 Å². The molecule has 4 heteroatoms. The number of anilines is 1. The molecule has 1 aromatic rings. The van der Waals surface area contributed by atoms with Crippen LogP contribution in [0.2, 0.25) is 0 Å². The Morgan fingerprint density at radius 3 is 2.59 bits per heavy atom. The maximum Gasteiger partial charge on any atom is 0.249 e. The maximum atomic E-state index is 12.7. The van der Waals surface area contributed by atoms with Gasteiger partial charge in [-0.15, -0.1) is 0 Å². The van der Waals surface area contributed by atoms with E-state index in [0.29, 0.717) is 19.5 Å². The van der Waals surface area contributed by atoms with Crippen molar-refractivity contribution >= 4 is 17.5 Å². The lowest BCUT2D eigenvalue weighted by atomic mass is 10.1. The molecule has 0 saturated carbocycles. The Kier molecular flexibility index (Phi) is 5.36. The molecule has 1 aromatic carbocycles. The smallest absolute Gasteiger partial charge is 0.249 e. The summed E-state index contributed by atoms with van der Waals surface area (Å²) in [7, 11) is 0. The van der Waals surface area contributed by atoms with Gasteiger partial charge in [0.25, 0.3) is 0 Å². The fourth-order valence-corrected chi connectivity index (χ4v) is 2.94. The summed E-state index contributed by atoms with van der Waals surface area (Å²) >= 11 is 0. The van der Waals surface area contributed by atoms with Crippen LogP contribution in [-0.2, 0) is 9.59 Å². The van der Waals surface area contributed by atoms with Gasteiger partial charge in [-0.25, -0.2) is 0 Å². The maximum absolute atomic E-state index is 12.7. The lowest BCUT2D eigenvalue weighted by molar-refractivity contribution is -0.134. The van der Waals surface area contributed by atoms with E-state index in [1.807, 2.05) is 57.2 Å². The molecule has 4 nitrogen and oxygen atoms in total. The first-order valence-corrected chi connectivity index (χ1v) is 7.94. The van der Waals surface area contributed by atoms with Crippen LogP contribution in [0.5, 0.6) is 0 Å². The van der Waals surface area contributed by atoms with Crippen molar-refractivity contribution in [3.05, 3.63) is 42.0 Å². The van der Waals surface area contributed by atoms with Crippen LogP contribution >= 0.6 is 0 Å². The van der Waals surface area contributed by atoms with Crippen molar-refractivity contribution in [2.24, 2.45) is 0 Å². The fourth-order valence-electron chi connectivity index (χ4n) is 2.94. The minimum absolute atomic E-state index is 0.0192. The number of carbonyl (C=O) groups is 2. The van der Waals surface area contributed by atoms with Crippen LogP contribution in [0.25, 0.3) is 0 Å². The topological polar surface area (TPSA) is 40.6 Å². The number of carbonyl (C=O) groups excluding carboxylic acids is 2. The number of allylic oxidation sites excluding steroid dienone is 1. The van der Waals surface area contributed by atoms with Crippen LogP contribution in [0, 0.1) is 0 Å². The average Bonchev–Trinajstić information content (AvgIpc) is 2.91. The molecule has 1 atom stereocenters. The van der Waals surface area contributed by atoms with Crippen LogP contribution < -0.4 is 4.90 Å². The molecular formula is C18H24N2O2. The molecule has 0 N–H and O–H groups in total. The number of hydrogen-bond donors (Lipinski definition) is 0. The predicted molar refractivity (Wildman–Crippen MR) is 88.6 cm³/mol. The predicted octanol–water partition coefficient (Wildman–Crippen LogP) is 3.00. The van der Waals surface area contributed by atoms with Gasteiger partial charge in [-0.3, -0.25) is 9.59 Å². The first kappa shape index (κ1) is 16.3. The highest BCUT2D eigenvalue weighted by atomic mass is 16.2. The van der Waals surface area contributed by atoms with Gasteiger partial charge in [0.2, 0.25) is 11.8 Å². The Hall–Kier alpha value is -2.10. The molecule has 0 aromatic heterocycles. The van der Waals surface area contributed by atoms with E-state index in [9.17, 15) is 9.59 Å². The van der Waals surface area contributed by atoms with Crippen LogP contribution in [0.15, 0.2) is 42.0 Å². The van der Waals surface area contributed by atoms with E-state index in [2.05, 4.69) is 0 Å². The van der Waals surface area contributed by atoms with Crippen LogP contribution in [0.1, 0.15) is 33.6 Å². The van der Waals surface area contributed by atoms with Gasteiger partial charge in [0.1, 0.15) is 6.04 Å². The third-order valence-corrected chi connectivity index (χ3v) is 4.07. The van der Waals surface area contributed by atoms with Gasteiger partial charge in [0.05, 0.1) is 0 Å². The van der Waals surface area contributed by atoms with Crippen LogP contribution in [-0.4, -0.2) is 35.8 Å². The first-order chi connectivity index (χ1) is 10.6. The summed E-state index contributed by atoms with van der Waals surface area (Å²) in [6.07, 6.45) is 3.43. The molecule has 1 unspecified atom stereocenters. The van der Waals surface area contributed by atoms with Crippen molar-refractivity contribution in [3.63, 3.8) is 0 Å². The van der Waals surface area contributed by atoms with E-state index < -0.39 is 0 Å². The van der Waals surface area contributed by atoms with Crippen molar-refractivity contribution in [2.45, 2.75) is 39.7 Å². The Bertz CT molecular complexity index is 566. The minimum atomic E-state index is -0.349. The van der Waals surface area contributed by atoms with Gasteiger partial charge in [-0.2, -0.15) is 0 Å². The molecule has 1 fully saturated rings. The van der Waals surface area contributed by atoms with Crippen LogP contribution in [0.3, 0.4) is 0 Å². The number of nitrogens with zero attached hydrogens (tertiary/aromatic N) is 2. The number of amides is 2. The standard InChI is InChI=1S/C18H24N2O2/c1-4-9-14(3)17(21)19(5-2)16-12-13-20(18(16)22)15-10-7-6-8-11-15/h6-11,16H,4-5,12-13H2,1-3H3. The number of benzene rings is 1. The zero-order chi connectivity index (χ0) is 16.1. The lowest BCUT2D eigenvalue weighted by Crippen LogP contribution is -2.45. The van der Waals surface area contributed by atoms with Crippen molar-refractivity contribution in [1.82, 2.24) is 4.90 Å². The number of rotatable bonds is 5. The Balaban J connectivity index is 2.17. The molecule has 1 aliphatic rings. The third kappa shape index (κ3) is 3.21. The fraction of sp³-hybridized carbons (Fsp3) is 0.444. The summed E-state index contributed by atoms with van der Waals surface area (Å²) < 4.78 is 0. The van der Waals surface area contributed by atoms with E-state index in [-0.39, 0.29) is 17.9 Å². The zero-order valence-corrected chi connectivity index (χ0v) is 13.6. The van der Waals surface area contributed by atoms with Gasteiger partial charge in [0, 0.05) is 24.4 Å². The Morgan fingerprint density at radius 1 is 1.32 bits per heavy atom. The van der Waals surface area contributed by atoms with Crippen molar-refractivity contribution < 1.29 is 9.59 Å². The normalized spacial score (nSPS) is 18.7. The highest BCUT2D eigenvalue weighted by molar-refractivity contribution is 6.03. The summed E-state index contributed by atoms with van der Waals surface area (Å²) in [6.45, 7) is 6.96. The SMILES string of the molecule is CCC=C(C)C(=O)N(CC)C1CCN(c2ccccc2)C1=O. The van der Waals surface area contributed by atoms with E-state index in [1.165, 1.54) is 0 Å². The van der Waals surface area contributed by atoms with Crippen molar-refractivity contribution in [3.8, 4) is 0 Å². The van der Waals surface area contributed by atoms with E-state index in [4.69, 9.17) is 0 Å². The van der Waals surface area contributed by atoms with Crippen molar-refractivity contribution in [1.29, 1.82) is 0 Å². The molecule has 22 heavy (non-hydrogen) atoms. The minimum Gasteiger partial charge on any atom is -0.327 e. The largest absolute Gasteiger partial charge is 0.327 e. The molecule has 1 aliphatic heterocycles. The Labute approximate surface area is 132 Å². The molecule has 0 aliphatic carbocycles. The molecule has 0 spiro atoms. The summed E-state index contributed by atoms with van der Waals surface area (Å²) in [6, 6.07) is 9.29. The van der Waals surface area contributed by atoms with Gasteiger partial charge in [-0.1, -0.05) is 31.2 Å². The lowest BCUT2D eigenvalue weighted by Gasteiger charge is -2.27. The van der Waals surface area contributed by atoms with E-state index in [0.717, 1.165) is 17.7 Å². The average molecular weight is 300 g/mol.